The molecule has 2 bridgehead atoms. The van der Waals surface area contributed by atoms with Gasteiger partial charge in [0.05, 0.1) is 0 Å². The normalized spacial score (nSPS) is 29.4. The maximum absolute atomic E-state index is 12.4. The van der Waals surface area contributed by atoms with Gasteiger partial charge in [-0.05, 0) is 68.2 Å². The third-order valence-corrected chi connectivity index (χ3v) is 5.40. The molecule has 3 unspecified atom stereocenters. The lowest BCUT2D eigenvalue weighted by Crippen LogP contribution is -2.27. The molecule has 4 rings (SSSR count). The van der Waals surface area contributed by atoms with Gasteiger partial charge in [-0.25, -0.2) is 0 Å². The third kappa shape index (κ3) is 2.74. The first-order chi connectivity index (χ1) is 10.7. The van der Waals surface area contributed by atoms with Crippen LogP contribution in [0.25, 0.3) is 0 Å². The van der Waals surface area contributed by atoms with E-state index < -0.39 is 0 Å². The summed E-state index contributed by atoms with van der Waals surface area (Å²) in [4.78, 5) is 24.3. The zero-order valence-corrected chi connectivity index (χ0v) is 12.7. The highest BCUT2D eigenvalue weighted by Crippen LogP contribution is 2.48. The second-order valence-corrected chi connectivity index (χ2v) is 7.10. The molecule has 22 heavy (non-hydrogen) atoms. The lowest BCUT2D eigenvalue weighted by atomic mass is 9.88. The monoisotopic (exact) mass is 298 g/mol. The van der Waals surface area contributed by atoms with Crippen LogP contribution in [0, 0.1) is 17.8 Å². The van der Waals surface area contributed by atoms with Crippen LogP contribution in [0.2, 0.25) is 0 Å². The van der Waals surface area contributed by atoms with Gasteiger partial charge in [-0.3, -0.25) is 9.59 Å². The van der Waals surface area contributed by atoms with Crippen molar-refractivity contribution in [2.45, 2.75) is 44.6 Å². The maximum atomic E-state index is 12.4. The number of hydrogen-bond acceptors (Lipinski definition) is 2. The van der Waals surface area contributed by atoms with Crippen LogP contribution in [0.15, 0.2) is 24.3 Å². The predicted octanol–water partition coefficient (Wildman–Crippen LogP) is 2.95. The van der Waals surface area contributed by atoms with Gasteiger partial charge in [-0.2, -0.15) is 0 Å². The van der Waals surface area contributed by atoms with E-state index >= 15 is 0 Å². The van der Waals surface area contributed by atoms with Crippen molar-refractivity contribution in [1.82, 2.24) is 5.32 Å². The molecule has 0 spiro atoms. The average molecular weight is 298 g/mol. The van der Waals surface area contributed by atoms with Crippen molar-refractivity contribution in [2.75, 3.05) is 5.32 Å². The lowest BCUT2D eigenvalue weighted by molar-refractivity contribution is -0.121. The number of fused-ring (bicyclic) bond motifs is 2. The van der Waals surface area contributed by atoms with E-state index in [4.69, 9.17) is 0 Å². The van der Waals surface area contributed by atoms with Crippen molar-refractivity contribution in [2.24, 2.45) is 17.8 Å². The third-order valence-electron chi connectivity index (χ3n) is 5.40. The van der Waals surface area contributed by atoms with Gasteiger partial charge in [0.1, 0.15) is 0 Å². The van der Waals surface area contributed by atoms with Crippen molar-refractivity contribution in [1.29, 1.82) is 0 Å². The number of carbonyl (C=O) groups is 2. The van der Waals surface area contributed by atoms with Crippen molar-refractivity contribution >= 4 is 17.5 Å². The Morgan fingerprint density at radius 3 is 2.32 bits per heavy atom. The maximum Gasteiger partial charge on any atom is 0.251 e. The smallest absolute Gasteiger partial charge is 0.251 e. The molecule has 116 valence electrons. The summed E-state index contributed by atoms with van der Waals surface area (Å²) >= 11 is 0. The molecule has 1 aromatic rings. The Morgan fingerprint density at radius 2 is 1.73 bits per heavy atom. The predicted molar refractivity (Wildman–Crippen MR) is 84.5 cm³/mol. The molecule has 0 saturated heterocycles. The molecule has 3 aliphatic rings. The van der Waals surface area contributed by atoms with Gasteiger partial charge in [-0.1, -0.05) is 6.42 Å². The van der Waals surface area contributed by atoms with Gasteiger partial charge >= 0.3 is 0 Å². The van der Waals surface area contributed by atoms with Gasteiger partial charge < -0.3 is 10.6 Å². The SMILES string of the molecule is O=C(NC1CC1)c1ccc(NC(=O)C2CC3CCC2C3)cc1. The minimum atomic E-state index is -0.0199. The Kier molecular flexibility index (Phi) is 3.40. The van der Waals surface area contributed by atoms with Gasteiger partial charge in [-0.15, -0.1) is 0 Å². The van der Waals surface area contributed by atoms with E-state index in [1.54, 1.807) is 12.1 Å². The summed E-state index contributed by atoms with van der Waals surface area (Å²) in [5.41, 5.74) is 1.44. The van der Waals surface area contributed by atoms with Crippen molar-refractivity contribution in [3.8, 4) is 0 Å². The topological polar surface area (TPSA) is 58.2 Å². The molecule has 4 nitrogen and oxygen atoms in total. The van der Waals surface area contributed by atoms with E-state index in [-0.39, 0.29) is 17.7 Å². The number of anilines is 1. The molecule has 0 radical (unpaired) electrons. The fourth-order valence-electron chi connectivity index (χ4n) is 4.00. The summed E-state index contributed by atoms with van der Waals surface area (Å²) in [6.45, 7) is 0. The largest absolute Gasteiger partial charge is 0.349 e. The highest BCUT2D eigenvalue weighted by molar-refractivity contribution is 5.96. The zero-order chi connectivity index (χ0) is 15.1. The molecule has 0 heterocycles. The summed E-state index contributed by atoms with van der Waals surface area (Å²) in [5, 5.41) is 5.98. The molecular formula is C18H22N2O2. The molecule has 3 atom stereocenters. The fourth-order valence-corrected chi connectivity index (χ4v) is 4.00. The second kappa shape index (κ2) is 5.41. The van der Waals surface area contributed by atoms with Crippen molar-refractivity contribution < 1.29 is 9.59 Å². The van der Waals surface area contributed by atoms with E-state index in [0.29, 0.717) is 17.5 Å². The number of rotatable bonds is 4. The molecule has 3 aliphatic carbocycles. The number of amides is 2. The summed E-state index contributed by atoms with van der Waals surface area (Å²) in [5.74, 6) is 1.69. The lowest BCUT2D eigenvalue weighted by Gasteiger charge is -2.20. The molecule has 0 aromatic heterocycles. The summed E-state index contributed by atoms with van der Waals surface area (Å²) in [6, 6.07) is 7.59. The Hall–Kier alpha value is -1.84. The molecule has 4 heteroatoms. The minimum Gasteiger partial charge on any atom is -0.349 e. The van der Waals surface area contributed by atoms with E-state index in [0.717, 1.165) is 30.9 Å². The van der Waals surface area contributed by atoms with E-state index in [1.165, 1.54) is 19.3 Å². The number of benzene rings is 1. The quantitative estimate of drug-likeness (QED) is 0.898. The van der Waals surface area contributed by atoms with Crippen molar-refractivity contribution in [3.05, 3.63) is 29.8 Å². The van der Waals surface area contributed by atoms with Gasteiger partial charge in [0.25, 0.3) is 5.91 Å². The standard InChI is InChI=1S/C18H22N2O2/c21-17(19-15-7-8-15)12-3-5-14(6-4-12)20-18(22)16-10-11-1-2-13(16)9-11/h3-6,11,13,15-16H,1-2,7-10H2,(H,19,21)(H,20,22). The molecular weight excluding hydrogens is 276 g/mol. The van der Waals surface area contributed by atoms with Crippen LogP contribution >= 0.6 is 0 Å². The summed E-state index contributed by atoms with van der Waals surface area (Å²) < 4.78 is 0. The number of nitrogens with one attached hydrogen (secondary N) is 2. The molecule has 3 saturated carbocycles. The van der Waals surface area contributed by atoms with Crippen LogP contribution in [-0.2, 0) is 4.79 Å². The fraction of sp³-hybridized carbons (Fsp3) is 0.556. The highest BCUT2D eigenvalue weighted by Gasteiger charge is 2.42. The van der Waals surface area contributed by atoms with Crippen LogP contribution < -0.4 is 10.6 Å². The zero-order valence-electron chi connectivity index (χ0n) is 12.7. The molecule has 0 aliphatic heterocycles. The van der Waals surface area contributed by atoms with Gasteiger partial charge in [0.15, 0.2) is 0 Å². The first-order valence-electron chi connectivity index (χ1n) is 8.41. The number of carbonyl (C=O) groups excluding carboxylic acids is 2. The molecule has 2 amide bonds. The Bertz CT molecular complexity index is 592. The molecule has 1 aromatic carbocycles. The second-order valence-electron chi connectivity index (χ2n) is 7.10. The van der Waals surface area contributed by atoms with E-state index in [9.17, 15) is 9.59 Å². The molecule has 3 fully saturated rings. The summed E-state index contributed by atoms with van der Waals surface area (Å²) in [7, 11) is 0. The van der Waals surface area contributed by atoms with Crippen LogP contribution in [0.3, 0.4) is 0 Å². The van der Waals surface area contributed by atoms with E-state index in [1.807, 2.05) is 12.1 Å². The Morgan fingerprint density at radius 1 is 0.955 bits per heavy atom. The Balaban J connectivity index is 1.36. The first kappa shape index (κ1) is 13.8. The van der Waals surface area contributed by atoms with Gasteiger partial charge in [0, 0.05) is 23.2 Å². The molecule has 2 N–H and O–H groups in total. The summed E-state index contributed by atoms with van der Waals surface area (Å²) in [6.07, 6.45) is 6.98. The van der Waals surface area contributed by atoms with Gasteiger partial charge in [0.2, 0.25) is 5.91 Å². The van der Waals surface area contributed by atoms with Crippen LogP contribution in [0.1, 0.15) is 48.9 Å². The van der Waals surface area contributed by atoms with Crippen LogP contribution in [0.5, 0.6) is 0 Å². The van der Waals surface area contributed by atoms with Crippen molar-refractivity contribution in [3.63, 3.8) is 0 Å². The van der Waals surface area contributed by atoms with Crippen LogP contribution in [-0.4, -0.2) is 17.9 Å². The minimum absolute atomic E-state index is 0.0199. The van der Waals surface area contributed by atoms with Crippen LogP contribution in [0.4, 0.5) is 5.69 Å². The first-order valence-corrected chi connectivity index (χ1v) is 8.41. The van der Waals surface area contributed by atoms with E-state index in [2.05, 4.69) is 10.6 Å². The number of hydrogen-bond donors (Lipinski definition) is 2. The highest BCUT2D eigenvalue weighted by atomic mass is 16.2. The average Bonchev–Trinajstić information content (AvgIpc) is 3.09. The Labute approximate surface area is 130 Å².